The van der Waals surface area contributed by atoms with E-state index in [0.29, 0.717) is 31.0 Å². The van der Waals surface area contributed by atoms with E-state index in [1.807, 2.05) is 6.92 Å². The minimum atomic E-state index is -0.655. The molecule has 0 amide bonds. The predicted octanol–water partition coefficient (Wildman–Crippen LogP) is 2.33. The molecule has 0 heterocycles. The van der Waals surface area contributed by atoms with Crippen molar-refractivity contribution in [1.82, 2.24) is 5.32 Å². The first-order valence-electron chi connectivity index (χ1n) is 6.79. The number of methoxy groups -OCH3 is 1. The van der Waals surface area contributed by atoms with Gasteiger partial charge >= 0.3 is 0 Å². The summed E-state index contributed by atoms with van der Waals surface area (Å²) in [6.07, 6.45) is 5.76. The van der Waals surface area contributed by atoms with Crippen molar-refractivity contribution < 1.29 is 9.84 Å². The van der Waals surface area contributed by atoms with E-state index in [1.165, 1.54) is 25.7 Å². The van der Waals surface area contributed by atoms with Gasteiger partial charge in [-0.1, -0.05) is 20.3 Å². The Balaban J connectivity index is 2.29. The Morgan fingerprint density at radius 1 is 1.47 bits per heavy atom. The van der Waals surface area contributed by atoms with E-state index >= 15 is 0 Å². The van der Waals surface area contributed by atoms with Crippen LogP contribution >= 0.6 is 0 Å². The van der Waals surface area contributed by atoms with Crippen molar-refractivity contribution in [2.45, 2.75) is 64.5 Å². The molecule has 1 aliphatic rings. The summed E-state index contributed by atoms with van der Waals surface area (Å²) in [6.45, 7) is 7.84. The number of nitrogens with one attached hydrogen (secondary N) is 1. The van der Waals surface area contributed by atoms with Crippen LogP contribution < -0.4 is 5.32 Å². The fourth-order valence-corrected chi connectivity index (χ4v) is 2.65. The highest BCUT2D eigenvalue weighted by atomic mass is 16.5. The first-order valence-corrected chi connectivity index (χ1v) is 6.79. The fraction of sp³-hybridized carbons (Fsp3) is 1.00. The van der Waals surface area contributed by atoms with Gasteiger partial charge < -0.3 is 15.2 Å². The maximum Gasteiger partial charge on any atom is 0.0765 e. The molecule has 3 heteroatoms. The first-order chi connectivity index (χ1) is 7.85. The maximum atomic E-state index is 10.2. The molecular formula is C14H29NO2. The van der Waals surface area contributed by atoms with Gasteiger partial charge in [-0.15, -0.1) is 0 Å². The summed E-state index contributed by atoms with van der Waals surface area (Å²) in [5.74, 6) is 0. The van der Waals surface area contributed by atoms with Gasteiger partial charge in [0.05, 0.1) is 5.60 Å². The van der Waals surface area contributed by atoms with Gasteiger partial charge in [-0.3, -0.25) is 0 Å². The molecule has 2 unspecified atom stereocenters. The molecule has 3 nitrogen and oxygen atoms in total. The molecule has 102 valence electrons. The summed E-state index contributed by atoms with van der Waals surface area (Å²) in [7, 11) is 1.67. The molecule has 0 aromatic rings. The Bertz CT molecular complexity index is 226. The Labute approximate surface area is 106 Å². The highest BCUT2D eigenvalue weighted by Gasteiger charge is 2.29. The van der Waals surface area contributed by atoms with Gasteiger partial charge in [0.1, 0.15) is 0 Å². The van der Waals surface area contributed by atoms with Crippen molar-refractivity contribution in [3.63, 3.8) is 0 Å². The van der Waals surface area contributed by atoms with E-state index in [4.69, 9.17) is 4.74 Å². The van der Waals surface area contributed by atoms with E-state index in [1.54, 1.807) is 7.11 Å². The Morgan fingerprint density at radius 2 is 2.18 bits per heavy atom. The van der Waals surface area contributed by atoms with E-state index in [0.717, 1.165) is 0 Å². The van der Waals surface area contributed by atoms with Crippen LogP contribution in [0.25, 0.3) is 0 Å². The monoisotopic (exact) mass is 243 g/mol. The zero-order valence-electron chi connectivity index (χ0n) is 11.9. The lowest BCUT2D eigenvalue weighted by Gasteiger charge is -2.37. The zero-order valence-corrected chi connectivity index (χ0v) is 11.9. The van der Waals surface area contributed by atoms with Crippen molar-refractivity contribution in [1.29, 1.82) is 0 Å². The first kappa shape index (κ1) is 14.9. The van der Waals surface area contributed by atoms with Crippen molar-refractivity contribution in [2.75, 3.05) is 20.3 Å². The molecule has 0 aliphatic heterocycles. The van der Waals surface area contributed by atoms with E-state index < -0.39 is 5.60 Å². The largest absolute Gasteiger partial charge is 0.389 e. The van der Waals surface area contributed by atoms with Crippen molar-refractivity contribution in [2.24, 2.45) is 5.41 Å². The van der Waals surface area contributed by atoms with Gasteiger partial charge in [0, 0.05) is 32.7 Å². The molecule has 0 aromatic carbocycles. The second-order valence-corrected chi connectivity index (χ2v) is 6.58. The Morgan fingerprint density at radius 3 is 2.76 bits per heavy atom. The maximum absolute atomic E-state index is 10.2. The third-order valence-corrected chi connectivity index (χ3v) is 3.82. The Hall–Kier alpha value is -0.120. The number of rotatable bonds is 6. The highest BCUT2D eigenvalue weighted by Crippen LogP contribution is 2.35. The fourth-order valence-electron chi connectivity index (χ4n) is 2.65. The molecule has 1 aliphatic carbocycles. The van der Waals surface area contributed by atoms with Gasteiger partial charge in [-0.05, 0) is 31.6 Å². The molecule has 0 saturated heterocycles. The second kappa shape index (κ2) is 6.17. The molecule has 2 atom stereocenters. The van der Waals surface area contributed by atoms with Crippen LogP contribution in [0.4, 0.5) is 0 Å². The van der Waals surface area contributed by atoms with E-state index in [9.17, 15) is 5.11 Å². The summed E-state index contributed by atoms with van der Waals surface area (Å²) in [5.41, 5.74) is -0.202. The van der Waals surface area contributed by atoms with Crippen LogP contribution in [-0.2, 0) is 4.74 Å². The van der Waals surface area contributed by atoms with Crippen LogP contribution in [0.1, 0.15) is 52.9 Å². The molecule has 1 saturated carbocycles. The SMILES string of the molecule is COCCC(C)(O)CNC1CCCC(C)(C)C1. The average molecular weight is 243 g/mol. The molecule has 0 bridgehead atoms. The quantitative estimate of drug-likeness (QED) is 0.752. The second-order valence-electron chi connectivity index (χ2n) is 6.58. The van der Waals surface area contributed by atoms with Crippen molar-refractivity contribution in [3.8, 4) is 0 Å². The summed E-state index contributed by atoms with van der Waals surface area (Å²) < 4.78 is 5.01. The number of hydrogen-bond acceptors (Lipinski definition) is 3. The molecule has 1 rings (SSSR count). The summed E-state index contributed by atoms with van der Waals surface area (Å²) in [5, 5.41) is 13.7. The molecule has 0 aromatic heterocycles. The van der Waals surface area contributed by atoms with Gasteiger partial charge in [0.2, 0.25) is 0 Å². The van der Waals surface area contributed by atoms with Crippen LogP contribution in [0.3, 0.4) is 0 Å². The minimum Gasteiger partial charge on any atom is -0.389 e. The Kier molecular flexibility index (Phi) is 5.42. The van der Waals surface area contributed by atoms with Crippen LogP contribution in [0.15, 0.2) is 0 Å². The molecule has 0 spiro atoms. The third-order valence-electron chi connectivity index (χ3n) is 3.82. The molecule has 2 N–H and O–H groups in total. The standard InChI is InChI=1S/C14H29NO2/c1-13(2)7-5-6-12(10-13)15-11-14(3,16)8-9-17-4/h12,15-16H,5-11H2,1-4H3. The van der Waals surface area contributed by atoms with Crippen molar-refractivity contribution in [3.05, 3.63) is 0 Å². The number of ether oxygens (including phenoxy) is 1. The lowest BCUT2D eigenvalue weighted by atomic mass is 9.75. The van der Waals surface area contributed by atoms with Crippen LogP contribution in [0.5, 0.6) is 0 Å². The lowest BCUT2D eigenvalue weighted by molar-refractivity contribution is 0.0197. The topological polar surface area (TPSA) is 41.5 Å². The van der Waals surface area contributed by atoms with Crippen LogP contribution in [-0.4, -0.2) is 37.0 Å². The van der Waals surface area contributed by atoms with E-state index in [2.05, 4.69) is 19.2 Å². The number of hydrogen-bond donors (Lipinski definition) is 2. The predicted molar refractivity (Wildman–Crippen MR) is 71.2 cm³/mol. The van der Waals surface area contributed by atoms with Gasteiger partial charge in [0.25, 0.3) is 0 Å². The van der Waals surface area contributed by atoms with Gasteiger partial charge in [0.15, 0.2) is 0 Å². The number of aliphatic hydroxyl groups is 1. The normalized spacial score (nSPS) is 27.7. The highest BCUT2D eigenvalue weighted by molar-refractivity contribution is 4.85. The summed E-state index contributed by atoms with van der Waals surface area (Å²) >= 11 is 0. The average Bonchev–Trinajstić information content (AvgIpc) is 2.23. The van der Waals surface area contributed by atoms with Crippen molar-refractivity contribution >= 4 is 0 Å². The summed E-state index contributed by atoms with van der Waals surface area (Å²) in [4.78, 5) is 0. The lowest BCUT2D eigenvalue weighted by Crippen LogP contribution is -2.45. The van der Waals surface area contributed by atoms with E-state index in [-0.39, 0.29) is 0 Å². The molecule has 0 radical (unpaired) electrons. The minimum absolute atomic E-state index is 0.453. The smallest absolute Gasteiger partial charge is 0.0765 e. The molecular weight excluding hydrogens is 214 g/mol. The zero-order chi connectivity index (χ0) is 12.9. The third kappa shape index (κ3) is 5.84. The molecule has 17 heavy (non-hydrogen) atoms. The summed E-state index contributed by atoms with van der Waals surface area (Å²) in [6, 6.07) is 0.563. The van der Waals surface area contributed by atoms with Crippen LogP contribution in [0, 0.1) is 5.41 Å². The van der Waals surface area contributed by atoms with Gasteiger partial charge in [-0.25, -0.2) is 0 Å². The molecule has 1 fully saturated rings. The van der Waals surface area contributed by atoms with Crippen LogP contribution in [0.2, 0.25) is 0 Å². The van der Waals surface area contributed by atoms with Gasteiger partial charge in [-0.2, -0.15) is 0 Å².